The van der Waals surface area contributed by atoms with Gasteiger partial charge in [0.15, 0.2) is 0 Å². The average Bonchev–Trinajstić information content (AvgIpc) is 2.20. The quantitative estimate of drug-likeness (QED) is 0.796. The van der Waals surface area contributed by atoms with Gasteiger partial charge in [0.05, 0.1) is 18.5 Å². The van der Waals surface area contributed by atoms with E-state index in [1.165, 1.54) is 6.92 Å². The Morgan fingerprint density at radius 2 is 2.13 bits per heavy atom. The third-order valence-electron chi connectivity index (χ3n) is 1.90. The zero-order valence-electron chi connectivity index (χ0n) is 9.26. The molecule has 0 fully saturated rings. The van der Waals surface area contributed by atoms with Gasteiger partial charge < -0.3 is 15.4 Å². The second-order valence-electron chi connectivity index (χ2n) is 3.12. The van der Waals surface area contributed by atoms with E-state index in [2.05, 4.69) is 10.6 Å². The SMILES string of the molecule is CCNc1cc(OC)ccc1NC(C)=O. The first-order valence-corrected chi connectivity index (χ1v) is 4.87. The van der Waals surface area contributed by atoms with E-state index in [1.54, 1.807) is 7.11 Å². The minimum atomic E-state index is -0.0840. The van der Waals surface area contributed by atoms with Crippen LogP contribution in [-0.2, 0) is 4.79 Å². The van der Waals surface area contributed by atoms with E-state index in [0.29, 0.717) is 0 Å². The van der Waals surface area contributed by atoms with Crippen LogP contribution in [0, 0.1) is 0 Å². The van der Waals surface area contributed by atoms with E-state index < -0.39 is 0 Å². The van der Waals surface area contributed by atoms with Gasteiger partial charge in [-0.1, -0.05) is 0 Å². The molecule has 4 heteroatoms. The van der Waals surface area contributed by atoms with Gasteiger partial charge in [-0.3, -0.25) is 4.79 Å². The molecule has 1 amide bonds. The van der Waals surface area contributed by atoms with Crippen LogP contribution in [0.25, 0.3) is 0 Å². The second kappa shape index (κ2) is 5.24. The highest BCUT2D eigenvalue weighted by Gasteiger charge is 2.04. The van der Waals surface area contributed by atoms with E-state index in [-0.39, 0.29) is 5.91 Å². The highest BCUT2D eigenvalue weighted by atomic mass is 16.5. The lowest BCUT2D eigenvalue weighted by atomic mass is 10.2. The molecule has 0 radical (unpaired) electrons. The Hall–Kier alpha value is -1.71. The summed E-state index contributed by atoms with van der Waals surface area (Å²) in [6, 6.07) is 5.49. The molecule has 0 atom stereocenters. The number of hydrogen-bond acceptors (Lipinski definition) is 3. The molecule has 0 aliphatic rings. The normalized spacial score (nSPS) is 9.53. The molecule has 4 nitrogen and oxygen atoms in total. The maximum atomic E-state index is 11.0. The van der Waals surface area contributed by atoms with Crippen LogP contribution in [-0.4, -0.2) is 19.6 Å². The first kappa shape index (κ1) is 11.4. The summed E-state index contributed by atoms with van der Waals surface area (Å²) in [5.41, 5.74) is 1.64. The number of methoxy groups -OCH3 is 1. The Kier molecular flexibility index (Phi) is 3.97. The number of nitrogens with one attached hydrogen (secondary N) is 2. The molecule has 2 N–H and O–H groups in total. The van der Waals surface area contributed by atoms with Gasteiger partial charge in [0.25, 0.3) is 0 Å². The van der Waals surface area contributed by atoms with Crippen molar-refractivity contribution in [2.45, 2.75) is 13.8 Å². The number of rotatable bonds is 4. The standard InChI is InChI=1S/C11H16N2O2/c1-4-12-11-7-9(15-3)5-6-10(11)13-8(2)14/h5-7,12H,4H2,1-3H3,(H,13,14). The summed E-state index contributed by atoms with van der Waals surface area (Å²) in [6.45, 7) is 4.27. The minimum Gasteiger partial charge on any atom is -0.497 e. The Bertz CT molecular complexity index is 350. The molecule has 0 spiro atoms. The fourth-order valence-corrected chi connectivity index (χ4v) is 1.29. The van der Waals surface area contributed by atoms with Gasteiger partial charge in [-0.25, -0.2) is 0 Å². The molecule has 0 heterocycles. The Labute approximate surface area is 89.6 Å². The summed E-state index contributed by atoms with van der Waals surface area (Å²) in [6.07, 6.45) is 0. The number of benzene rings is 1. The van der Waals surface area contributed by atoms with E-state index in [9.17, 15) is 4.79 Å². The van der Waals surface area contributed by atoms with Crippen molar-refractivity contribution in [1.82, 2.24) is 0 Å². The molecule has 0 unspecified atom stereocenters. The van der Waals surface area contributed by atoms with Crippen LogP contribution in [0.2, 0.25) is 0 Å². The highest BCUT2D eigenvalue weighted by molar-refractivity contribution is 5.92. The zero-order chi connectivity index (χ0) is 11.3. The molecule has 1 aromatic rings. The number of anilines is 2. The maximum absolute atomic E-state index is 11.0. The van der Waals surface area contributed by atoms with Crippen molar-refractivity contribution in [2.75, 3.05) is 24.3 Å². The lowest BCUT2D eigenvalue weighted by Crippen LogP contribution is -2.09. The summed E-state index contributed by atoms with van der Waals surface area (Å²) in [5.74, 6) is 0.680. The van der Waals surface area contributed by atoms with Crippen LogP contribution in [0.4, 0.5) is 11.4 Å². The molecule has 15 heavy (non-hydrogen) atoms. The van der Waals surface area contributed by atoms with Crippen molar-refractivity contribution in [1.29, 1.82) is 0 Å². The van der Waals surface area contributed by atoms with Gasteiger partial charge in [-0.2, -0.15) is 0 Å². The number of hydrogen-bond donors (Lipinski definition) is 2. The average molecular weight is 208 g/mol. The fourth-order valence-electron chi connectivity index (χ4n) is 1.29. The number of carbonyl (C=O) groups is 1. The van der Waals surface area contributed by atoms with Crippen molar-refractivity contribution in [2.24, 2.45) is 0 Å². The molecular weight excluding hydrogens is 192 g/mol. The van der Waals surface area contributed by atoms with Crippen molar-refractivity contribution in [3.05, 3.63) is 18.2 Å². The lowest BCUT2D eigenvalue weighted by Gasteiger charge is -2.12. The van der Waals surface area contributed by atoms with E-state index >= 15 is 0 Å². The second-order valence-corrected chi connectivity index (χ2v) is 3.12. The molecule has 0 aromatic heterocycles. The number of amides is 1. The smallest absolute Gasteiger partial charge is 0.221 e. The van der Waals surface area contributed by atoms with Gasteiger partial charge in [-0.15, -0.1) is 0 Å². The fraction of sp³-hybridized carbons (Fsp3) is 0.364. The van der Waals surface area contributed by atoms with Crippen molar-refractivity contribution in [3.63, 3.8) is 0 Å². The first-order chi connectivity index (χ1) is 7.17. The third-order valence-corrected chi connectivity index (χ3v) is 1.90. The predicted molar refractivity (Wildman–Crippen MR) is 61.5 cm³/mol. The molecule has 0 saturated carbocycles. The van der Waals surface area contributed by atoms with Crippen LogP contribution in [0.5, 0.6) is 5.75 Å². The molecule has 0 saturated heterocycles. The summed E-state index contributed by atoms with van der Waals surface area (Å²) in [5, 5.41) is 5.91. The number of ether oxygens (including phenoxy) is 1. The Morgan fingerprint density at radius 1 is 1.40 bits per heavy atom. The molecule has 1 rings (SSSR count). The zero-order valence-corrected chi connectivity index (χ0v) is 9.26. The molecular formula is C11H16N2O2. The summed E-state index contributed by atoms with van der Waals surface area (Å²) < 4.78 is 5.11. The van der Waals surface area contributed by atoms with Gasteiger partial charge in [0.1, 0.15) is 5.75 Å². The van der Waals surface area contributed by atoms with Crippen molar-refractivity contribution in [3.8, 4) is 5.75 Å². The number of carbonyl (C=O) groups excluding carboxylic acids is 1. The topological polar surface area (TPSA) is 50.4 Å². The van der Waals surface area contributed by atoms with Crippen molar-refractivity contribution < 1.29 is 9.53 Å². The maximum Gasteiger partial charge on any atom is 0.221 e. The van der Waals surface area contributed by atoms with E-state index in [4.69, 9.17) is 4.74 Å². The van der Waals surface area contributed by atoms with E-state index in [1.807, 2.05) is 25.1 Å². The summed E-state index contributed by atoms with van der Waals surface area (Å²) >= 11 is 0. The molecule has 82 valence electrons. The summed E-state index contributed by atoms with van der Waals surface area (Å²) in [4.78, 5) is 11.0. The lowest BCUT2D eigenvalue weighted by molar-refractivity contribution is -0.114. The largest absolute Gasteiger partial charge is 0.497 e. The third kappa shape index (κ3) is 3.16. The van der Waals surface area contributed by atoms with E-state index in [0.717, 1.165) is 23.7 Å². The molecule has 0 aliphatic carbocycles. The van der Waals surface area contributed by atoms with Crippen LogP contribution in [0.15, 0.2) is 18.2 Å². The van der Waals surface area contributed by atoms with Crippen LogP contribution < -0.4 is 15.4 Å². The van der Waals surface area contributed by atoms with Gasteiger partial charge in [0.2, 0.25) is 5.91 Å². The monoisotopic (exact) mass is 208 g/mol. The van der Waals surface area contributed by atoms with Gasteiger partial charge >= 0.3 is 0 Å². The van der Waals surface area contributed by atoms with Gasteiger partial charge in [-0.05, 0) is 19.1 Å². The Morgan fingerprint density at radius 3 is 2.67 bits per heavy atom. The van der Waals surface area contributed by atoms with Crippen molar-refractivity contribution >= 4 is 17.3 Å². The Balaban J connectivity index is 2.97. The molecule has 0 bridgehead atoms. The molecule has 1 aromatic carbocycles. The van der Waals surface area contributed by atoms with Gasteiger partial charge in [0, 0.05) is 19.5 Å². The van der Waals surface area contributed by atoms with Crippen LogP contribution in [0.1, 0.15) is 13.8 Å². The molecule has 0 aliphatic heterocycles. The highest BCUT2D eigenvalue weighted by Crippen LogP contribution is 2.26. The summed E-state index contributed by atoms with van der Waals surface area (Å²) in [7, 11) is 1.61. The van der Waals surface area contributed by atoms with Crippen LogP contribution in [0.3, 0.4) is 0 Å². The minimum absolute atomic E-state index is 0.0840. The first-order valence-electron chi connectivity index (χ1n) is 4.87. The van der Waals surface area contributed by atoms with Crippen LogP contribution >= 0.6 is 0 Å². The predicted octanol–water partition coefficient (Wildman–Crippen LogP) is 2.09.